The highest BCUT2D eigenvalue weighted by Crippen LogP contribution is 2.47. The molecule has 1 aromatic heterocycles. The van der Waals surface area contributed by atoms with E-state index in [0.29, 0.717) is 41.3 Å². The van der Waals surface area contributed by atoms with E-state index >= 15 is 0 Å². The fourth-order valence-electron chi connectivity index (χ4n) is 4.51. The molecule has 2 aliphatic rings. The average molecular weight is 431 g/mol. The summed E-state index contributed by atoms with van der Waals surface area (Å²) in [4.78, 5) is 29.2. The average Bonchev–Trinajstić information content (AvgIpc) is 3.15. The predicted molar refractivity (Wildman–Crippen MR) is 117 cm³/mol. The molecule has 0 amide bonds. The van der Waals surface area contributed by atoms with Gasteiger partial charge in [0.2, 0.25) is 5.95 Å². The molecule has 1 unspecified atom stereocenters. The summed E-state index contributed by atoms with van der Waals surface area (Å²) in [5, 5.41) is 29.3. The number of fused-ring (bicyclic) bond motifs is 1. The van der Waals surface area contributed by atoms with Crippen molar-refractivity contribution in [2.75, 3.05) is 5.32 Å². The fourth-order valence-corrected chi connectivity index (χ4v) is 4.51. The lowest BCUT2D eigenvalue weighted by Gasteiger charge is -2.38. The third-order valence-corrected chi connectivity index (χ3v) is 5.89. The quantitative estimate of drug-likeness (QED) is 0.470. The highest BCUT2D eigenvalue weighted by Gasteiger charge is 2.43. The molecule has 1 aliphatic carbocycles. The number of carbonyl (C=O) groups is 1. The van der Waals surface area contributed by atoms with Crippen LogP contribution in [0.2, 0.25) is 0 Å². The van der Waals surface area contributed by atoms with Crippen LogP contribution in [0, 0.1) is 15.5 Å². The summed E-state index contributed by atoms with van der Waals surface area (Å²) >= 11 is 0. The Morgan fingerprint density at radius 3 is 2.59 bits per heavy atom. The molecule has 3 aromatic rings. The molecular formula is C23H21N5O4. The van der Waals surface area contributed by atoms with Gasteiger partial charge in [0.1, 0.15) is 11.8 Å². The number of anilines is 1. The fraction of sp³-hybridized carbons (Fsp3) is 0.261. The largest absolute Gasteiger partial charge is 0.508 e. The van der Waals surface area contributed by atoms with Gasteiger partial charge in [-0.25, -0.2) is 4.68 Å². The van der Waals surface area contributed by atoms with Crippen LogP contribution in [0.3, 0.4) is 0 Å². The molecule has 2 aromatic carbocycles. The van der Waals surface area contributed by atoms with Gasteiger partial charge in [0.05, 0.1) is 10.5 Å². The number of para-hydroxylation sites is 1. The maximum atomic E-state index is 13.3. The molecule has 0 spiro atoms. The maximum Gasteiger partial charge on any atom is 0.275 e. The van der Waals surface area contributed by atoms with E-state index in [1.807, 2.05) is 13.8 Å². The van der Waals surface area contributed by atoms with Gasteiger partial charge in [0, 0.05) is 29.3 Å². The van der Waals surface area contributed by atoms with E-state index < -0.39 is 11.0 Å². The number of phenols is 1. The van der Waals surface area contributed by atoms with E-state index in [2.05, 4.69) is 15.4 Å². The smallest absolute Gasteiger partial charge is 0.275 e. The molecule has 0 radical (unpaired) electrons. The van der Waals surface area contributed by atoms with Gasteiger partial charge in [0.15, 0.2) is 11.6 Å². The molecule has 0 saturated heterocycles. The Bertz CT molecular complexity index is 1290. The van der Waals surface area contributed by atoms with Crippen LogP contribution in [0.5, 0.6) is 5.75 Å². The topological polar surface area (TPSA) is 123 Å². The van der Waals surface area contributed by atoms with E-state index in [4.69, 9.17) is 0 Å². The van der Waals surface area contributed by atoms with Gasteiger partial charge < -0.3 is 10.4 Å². The minimum Gasteiger partial charge on any atom is -0.508 e. The van der Waals surface area contributed by atoms with Crippen molar-refractivity contribution in [3.8, 4) is 17.1 Å². The number of phenolic OH excluding ortho intramolecular Hbond substituents is 1. The molecule has 2 heterocycles. The minimum atomic E-state index is -0.759. The molecule has 5 rings (SSSR count). The van der Waals surface area contributed by atoms with Gasteiger partial charge in [-0.2, -0.15) is 4.98 Å². The van der Waals surface area contributed by atoms with Crippen LogP contribution in [-0.2, 0) is 4.79 Å². The Morgan fingerprint density at radius 2 is 1.88 bits per heavy atom. The monoisotopic (exact) mass is 431 g/mol. The van der Waals surface area contributed by atoms with Crippen molar-refractivity contribution in [3.63, 3.8) is 0 Å². The first-order valence-electron chi connectivity index (χ1n) is 10.3. The van der Waals surface area contributed by atoms with Crippen LogP contribution in [0.4, 0.5) is 11.6 Å². The maximum absolute atomic E-state index is 13.3. The SMILES string of the molecule is CC1(C)CC(=O)C2=C(C1)Nc1nc(-c3ccc(O)cc3)nn1C2c1ccccc1[N+](=O)[O-]. The lowest BCUT2D eigenvalue weighted by molar-refractivity contribution is -0.385. The number of allylic oxidation sites excluding steroid dienone is 2. The van der Waals surface area contributed by atoms with Crippen LogP contribution in [0.25, 0.3) is 11.4 Å². The van der Waals surface area contributed by atoms with Gasteiger partial charge in [-0.05, 0) is 42.2 Å². The van der Waals surface area contributed by atoms with Crippen molar-refractivity contribution in [1.29, 1.82) is 0 Å². The molecule has 0 saturated carbocycles. The van der Waals surface area contributed by atoms with Gasteiger partial charge in [-0.1, -0.05) is 26.0 Å². The zero-order valence-electron chi connectivity index (χ0n) is 17.6. The first kappa shape index (κ1) is 19.9. The molecule has 0 bridgehead atoms. The highest BCUT2D eigenvalue weighted by atomic mass is 16.6. The molecule has 2 N–H and O–H groups in total. The van der Waals surface area contributed by atoms with Gasteiger partial charge in [-0.3, -0.25) is 14.9 Å². The number of aromatic nitrogens is 3. The van der Waals surface area contributed by atoms with Crippen molar-refractivity contribution in [2.45, 2.75) is 32.7 Å². The number of ketones is 1. The standard InChI is InChI=1S/C23H21N5O4/c1-23(2)11-16-19(18(30)12-23)20(15-5-3-4-6-17(15)28(31)32)27-22(24-16)25-21(26-27)13-7-9-14(29)10-8-13/h3-10,20,29H,11-12H2,1-2H3,(H,24,25,26). The molecule has 32 heavy (non-hydrogen) atoms. The molecule has 9 heteroatoms. The summed E-state index contributed by atoms with van der Waals surface area (Å²) < 4.78 is 1.56. The number of hydrogen-bond donors (Lipinski definition) is 2. The highest BCUT2D eigenvalue weighted by molar-refractivity contribution is 6.00. The zero-order valence-corrected chi connectivity index (χ0v) is 17.6. The van der Waals surface area contributed by atoms with Crippen LogP contribution >= 0.6 is 0 Å². The molecule has 0 fully saturated rings. The molecular weight excluding hydrogens is 410 g/mol. The number of benzene rings is 2. The molecule has 9 nitrogen and oxygen atoms in total. The van der Waals surface area contributed by atoms with Crippen LogP contribution in [0.15, 0.2) is 59.8 Å². The predicted octanol–water partition coefficient (Wildman–Crippen LogP) is 4.22. The summed E-state index contributed by atoms with van der Waals surface area (Å²) in [6, 6.07) is 12.1. The number of rotatable bonds is 3. The number of nitro benzene ring substituents is 1. The first-order valence-corrected chi connectivity index (χ1v) is 10.3. The number of carbonyl (C=O) groups excluding carboxylic acids is 1. The first-order chi connectivity index (χ1) is 15.2. The Labute approximate surface area is 183 Å². The van der Waals surface area contributed by atoms with Gasteiger partial charge in [0.25, 0.3) is 5.69 Å². The van der Waals surface area contributed by atoms with E-state index in [1.165, 1.54) is 18.2 Å². The lowest BCUT2D eigenvalue weighted by Crippen LogP contribution is -2.36. The van der Waals surface area contributed by atoms with E-state index in [0.717, 1.165) is 5.70 Å². The van der Waals surface area contributed by atoms with E-state index in [1.54, 1.807) is 35.0 Å². The van der Waals surface area contributed by atoms with Gasteiger partial charge in [-0.15, -0.1) is 5.10 Å². The summed E-state index contributed by atoms with van der Waals surface area (Å²) in [6.07, 6.45) is 0.964. The summed E-state index contributed by atoms with van der Waals surface area (Å²) in [5.41, 5.74) is 1.98. The number of nitrogens with zero attached hydrogens (tertiary/aromatic N) is 4. The second-order valence-electron chi connectivity index (χ2n) is 8.93. The number of nitrogens with one attached hydrogen (secondary N) is 1. The molecule has 1 atom stereocenters. The van der Waals surface area contributed by atoms with Crippen molar-refractivity contribution in [3.05, 3.63) is 75.5 Å². The van der Waals surface area contributed by atoms with Crippen molar-refractivity contribution in [2.24, 2.45) is 5.41 Å². The van der Waals surface area contributed by atoms with Crippen molar-refractivity contribution < 1.29 is 14.8 Å². The number of nitro groups is 1. The summed E-state index contributed by atoms with van der Waals surface area (Å²) in [6.45, 7) is 4.05. The third-order valence-electron chi connectivity index (χ3n) is 5.89. The number of aromatic hydroxyl groups is 1. The normalized spacial score (nSPS) is 19.2. The summed E-state index contributed by atoms with van der Waals surface area (Å²) in [5.74, 6) is 0.876. The second-order valence-corrected chi connectivity index (χ2v) is 8.93. The van der Waals surface area contributed by atoms with Crippen LogP contribution in [0.1, 0.15) is 38.3 Å². The lowest BCUT2D eigenvalue weighted by atomic mass is 9.73. The van der Waals surface area contributed by atoms with Crippen LogP contribution in [-0.4, -0.2) is 30.6 Å². The Kier molecular flexibility index (Phi) is 4.37. The summed E-state index contributed by atoms with van der Waals surface area (Å²) in [7, 11) is 0. The second kappa shape index (κ2) is 7.01. The van der Waals surface area contributed by atoms with E-state index in [-0.39, 0.29) is 22.6 Å². The Balaban J connectivity index is 1.72. The Hall–Kier alpha value is -4.01. The number of Topliss-reactive ketones (excluding diaryl/α,β-unsaturated/α-hetero) is 1. The minimum absolute atomic E-state index is 0.0563. The molecule has 162 valence electrons. The molecule has 1 aliphatic heterocycles. The van der Waals surface area contributed by atoms with Crippen LogP contribution < -0.4 is 5.32 Å². The van der Waals surface area contributed by atoms with Crippen molar-refractivity contribution in [1.82, 2.24) is 14.8 Å². The van der Waals surface area contributed by atoms with Crippen molar-refractivity contribution >= 4 is 17.4 Å². The Morgan fingerprint density at radius 1 is 1.16 bits per heavy atom. The van der Waals surface area contributed by atoms with E-state index in [9.17, 15) is 20.0 Å². The van der Waals surface area contributed by atoms with Gasteiger partial charge >= 0.3 is 0 Å². The third kappa shape index (κ3) is 3.22. The number of hydrogen-bond acceptors (Lipinski definition) is 7. The zero-order chi connectivity index (χ0) is 22.6.